The molecule has 7 heteroatoms. The Kier molecular flexibility index (Phi) is 6.07. The molecule has 0 radical (unpaired) electrons. The fourth-order valence-corrected chi connectivity index (χ4v) is 3.77. The Morgan fingerprint density at radius 2 is 1.80 bits per heavy atom. The molecule has 7 nitrogen and oxygen atoms in total. The number of likely N-dealkylation sites (tertiary alicyclic amines) is 1. The van der Waals surface area contributed by atoms with Crippen LogP contribution in [-0.2, 0) is 11.2 Å². The summed E-state index contributed by atoms with van der Waals surface area (Å²) >= 11 is 0. The van der Waals surface area contributed by atoms with E-state index in [9.17, 15) is 9.59 Å². The predicted molar refractivity (Wildman–Crippen MR) is 111 cm³/mol. The third-order valence-electron chi connectivity index (χ3n) is 5.37. The lowest BCUT2D eigenvalue weighted by molar-refractivity contribution is -0.121. The van der Waals surface area contributed by atoms with E-state index < -0.39 is 0 Å². The lowest BCUT2D eigenvalue weighted by atomic mass is 10.0. The zero-order valence-electron chi connectivity index (χ0n) is 17.1. The Hall–Kier alpha value is -3.22. The van der Waals surface area contributed by atoms with E-state index in [2.05, 4.69) is 5.32 Å². The lowest BCUT2D eigenvalue weighted by Gasteiger charge is -2.32. The largest absolute Gasteiger partial charge is 0.494 e. The summed E-state index contributed by atoms with van der Waals surface area (Å²) in [5.74, 6) is 2.06. The Bertz CT molecular complexity index is 904. The first-order valence-electron chi connectivity index (χ1n) is 10.3. The van der Waals surface area contributed by atoms with E-state index in [1.165, 1.54) is 0 Å². The topological polar surface area (TPSA) is 77.1 Å². The molecule has 1 N–H and O–H groups in total. The number of carbonyl (C=O) groups excluding carboxylic acids is 2. The maximum Gasteiger partial charge on any atom is 0.253 e. The van der Waals surface area contributed by atoms with Gasteiger partial charge in [0.25, 0.3) is 5.91 Å². The first-order valence-corrected chi connectivity index (χ1v) is 10.3. The third kappa shape index (κ3) is 4.67. The molecule has 0 bridgehead atoms. The van der Waals surface area contributed by atoms with Gasteiger partial charge < -0.3 is 24.4 Å². The number of hydrogen-bond acceptors (Lipinski definition) is 5. The van der Waals surface area contributed by atoms with Gasteiger partial charge in [-0.05, 0) is 55.7 Å². The Morgan fingerprint density at radius 3 is 2.53 bits per heavy atom. The summed E-state index contributed by atoms with van der Waals surface area (Å²) in [4.78, 5) is 27.0. The van der Waals surface area contributed by atoms with Crippen LogP contribution in [0.3, 0.4) is 0 Å². The van der Waals surface area contributed by atoms with Crippen molar-refractivity contribution in [1.82, 2.24) is 10.2 Å². The lowest BCUT2D eigenvalue weighted by Crippen LogP contribution is -2.46. The number of fused-ring (bicyclic) bond motifs is 1. The van der Waals surface area contributed by atoms with Crippen molar-refractivity contribution in [2.45, 2.75) is 32.2 Å². The molecule has 2 amide bonds. The fourth-order valence-electron chi connectivity index (χ4n) is 3.77. The van der Waals surface area contributed by atoms with Gasteiger partial charge in [0.15, 0.2) is 11.5 Å². The van der Waals surface area contributed by atoms with E-state index in [4.69, 9.17) is 14.2 Å². The highest BCUT2D eigenvalue weighted by Crippen LogP contribution is 2.33. The molecule has 2 aromatic rings. The molecule has 1 saturated heterocycles. The van der Waals surface area contributed by atoms with Crippen LogP contribution in [0.5, 0.6) is 17.2 Å². The van der Waals surface area contributed by atoms with Crippen molar-refractivity contribution < 1.29 is 23.8 Å². The number of rotatable bonds is 6. The van der Waals surface area contributed by atoms with Crippen molar-refractivity contribution >= 4 is 11.8 Å². The average molecular weight is 410 g/mol. The summed E-state index contributed by atoms with van der Waals surface area (Å²) in [6, 6.07) is 12.9. The minimum atomic E-state index is -0.0209. The van der Waals surface area contributed by atoms with Gasteiger partial charge in [-0.2, -0.15) is 0 Å². The SMILES string of the molecule is CCOc1ccc(CC(=O)NC2CCN(C(=O)c3ccc4c(c3)OCO4)CC2)cc1. The molecule has 0 atom stereocenters. The number of nitrogens with zero attached hydrogens (tertiary/aromatic N) is 1. The average Bonchev–Trinajstić information content (AvgIpc) is 3.23. The number of benzene rings is 2. The van der Waals surface area contributed by atoms with Gasteiger partial charge in [-0.1, -0.05) is 12.1 Å². The van der Waals surface area contributed by atoms with Crippen LogP contribution in [0.2, 0.25) is 0 Å². The summed E-state index contributed by atoms with van der Waals surface area (Å²) < 4.78 is 16.1. The van der Waals surface area contributed by atoms with Gasteiger partial charge in [0.1, 0.15) is 5.75 Å². The molecule has 0 unspecified atom stereocenters. The molecule has 30 heavy (non-hydrogen) atoms. The Labute approximate surface area is 175 Å². The summed E-state index contributed by atoms with van der Waals surface area (Å²) in [7, 11) is 0. The minimum absolute atomic E-state index is 0.000271. The molecular formula is C23H26N2O5. The molecule has 2 aliphatic heterocycles. The maximum absolute atomic E-state index is 12.8. The highest BCUT2D eigenvalue weighted by molar-refractivity contribution is 5.95. The van der Waals surface area contributed by atoms with Crippen LogP contribution in [0, 0.1) is 0 Å². The quantitative estimate of drug-likeness (QED) is 0.793. The number of hydrogen-bond donors (Lipinski definition) is 1. The first kappa shape index (κ1) is 20.1. The van der Waals surface area contributed by atoms with Gasteiger partial charge in [0.2, 0.25) is 12.7 Å². The van der Waals surface area contributed by atoms with Gasteiger partial charge >= 0.3 is 0 Å². The summed E-state index contributed by atoms with van der Waals surface area (Å²) in [5, 5.41) is 3.10. The second-order valence-corrected chi connectivity index (χ2v) is 7.46. The van der Waals surface area contributed by atoms with Crippen molar-refractivity contribution in [3.63, 3.8) is 0 Å². The van der Waals surface area contributed by atoms with Crippen LogP contribution in [0.4, 0.5) is 0 Å². The monoisotopic (exact) mass is 410 g/mol. The first-order chi connectivity index (χ1) is 14.6. The Morgan fingerprint density at radius 1 is 1.07 bits per heavy atom. The molecule has 0 aliphatic carbocycles. The van der Waals surface area contributed by atoms with Crippen molar-refractivity contribution in [1.29, 1.82) is 0 Å². The zero-order chi connectivity index (χ0) is 20.9. The van der Waals surface area contributed by atoms with E-state index in [-0.39, 0.29) is 24.6 Å². The smallest absolute Gasteiger partial charge is 0.253 e. The van der Waals surface area contributed by atoms with Crippen LogP contribution in [-0.4, -0.2) is 49.2 Å². The summed E-state index contributed by atoms with van der Waals surface area (Å²) in [6.45, 7) is 3.97. The number of amides is 2. The highest BCUT2D eigenvalue weighted by atomic mass is 16.7. The summed E-state index contributed by atoms with van der Waals surface area (Å²) in [6.07, 6.45) is 1.82. The van der Waals surface area contributed by atoms with E-state index in [1.54, 1.807) is 18.2 Å². The van der Waals surface area contributed by atoms with E-state index in [1.807, 2.05) is 36.1 Å². The van der Waals surface area contributed by atoms with Gasteiger partial charge in [0, 0.05) is 24.7 Å². The number of ether oxygens (including phenoxy) is 3. The van der Waals surface area contributed by atoms with Gasteiger partial charge in [-0.3, -0.25) is 9.59 Å². The standard InChI is InChI=1S/C23H26N2O5/c1-2-28-19-6-3-16(4-7-19)13-22(26)24-18-9-11-25(12-10-18)23(27)17-5-8-20-21(14-17)30-15-29-20/h3-8,14,18H,2,9-13,15H2,1H3,(H,24,26). The maximum atomic E-state index is 12.8. The van der Waals surface area contributed by atoms with Crippen molar-refractivity contribution in [3.05, 3.63) is 53.6 Å². The van der Waals surface area contributed by atoms with E-state index >= 15 is 0 Å². The molecule has 0 spiro atoms. The molecule has 4 rings (SSSR count). The molecule has 0 saturated carbocycles. The van der Waals surface area contributed by atoms with Crippen molar-refractivity contribution in [3.8, 4) is 17.2 Å². The molecular weight excluding hydrogens is 384 g/mol. The van der Waals surface area contributed by atoms with Gasteiger partial charge in [-0.15, -0.1) is 0 Å². The van der Waals surface area contributed by atoms with Crippen LogP contribution < -0.4 is 19.5 Å². The minimum Gasteiger partial charge on any atom is -0.494 e. The normalized spacial score (nSPS) is 15.7. The predicted octanol–water partition coefficient (Wildman–Crippen LogP) is 2.78. The third-order valence-corrected chi connectivity index (χ3v) is 5.37. The molecule has 158 valence electrons. The summed E-state index contributed by atoms with van der Waals surface area (Å²) in [5.41, 5.74) is 1.55. The van der Waals surface area contributed by atoms with Gasteiger partial charge in [0.05, 0.1) is 13.0 Å². The van der Waals surface area contributed by atoms with Crippen LogP contribution in [0.25, 0.3) is 0 Å². The number of nitrogens with one attached hydrogen (secondary N) is 1. The van der Waals surface area contributed by atoms with Crippen LogP contribution in [0.1, 0.15) is 35.7 Å². The van der Waals surface area contributed by atoms with Crippen molar-refractivity contribution in [2.24, 2.45) is 0 Å². The van der Waals surface area contributed by atoms with Crippen molar-refractivity contribution in [2.75, 3.05) is 26.5 Å². The second kappa shape index (κ2) is 9.07. The molecule has 0 aromatic heterocycles. The van der Waals surface area contributed by atoms with Gasteiger partial charge in [-0.25, -0.2) is 0 Å². The second-order valence-electron chi connectivity index (χ2n) is 7.46. The Balaban J connectivity index is 1.25. The molecule has 2 heterocycles. The molecule has 2 aliphatic rings. The van der Waals surface area contributed by atoms with E-state index in [0.29, 0.717) is 43.2 Å². The highest BCUT2D eigenvalue weighted by Gasteiger charge is 2.26. The molecule has 2 aromatic carbocycles. The zero-order valence-corrected chi connectivity index (χ0v) is 17.1. The van der Waals surface area contributed by atoms with E-state index in [0.717, 1.165) is 24.2 Å². The van der Waals surface area contributed by atoms with Crippen LogP contribution in [0.15, 0.2) is 42.5 Å². The van der Waals surface area contributed by atoms with Crippen LogP contribution >= 0.6 is 0 Å². The number of carbonyl (C=O) groups is 2. The fraction of sp³-hybridized carbons (Fsp3) is 0.391. The number of piperidine rings is 1. The molecule has 1 fully saturated rings.